The molecule has 90 valence electrons. The first-order valence-electron chi connectivity index (χ1n) is 6.50. The Morgan fingerprint density at radius 2 is 1.94 bits per heavy atom. The average molecular weight is 236 g/mol. The van der Waals surface area contributed by atoms with E-state index in [4.69, 9.17) is 0 Å². The largest absolute Gasteiger partial charge is 0.293 e. The van der Waals surface area contributed by atoms with Crippen LogP contribution in [0.15, 0.2) is 48.5 Å². The monoisotopic (exact) mass is 236 g/mol. The molecule has 2 aromatic rings. The Morgan fingerprint density at radius 1 is 1.11 bits per heavy atom. The van der Waals surface area contributed by atoms with Gasteiger partial charge in [0, 0.05) is 5.56 Å². The summed E-state index contributed by atoms with van der Waals surface area (Å²) in [6.07, 6.45) is 1.86. The molecule has 0 N–H and O–H groups in total. The molecule has 0 amide bonds. The first-order valence-corrected chi connectivity index (χ1v) is 6.50. The van der Waals surface area contributed by atoms with E-state index in [0.29, 0.717) is 0 Å². The van der Waals surface area contributed by atoms with E-state index in [2.05, 4.69) is 37.3 Å². The minimum atomic E-state index is 0.0221. The highest BCUT2D eigenvalue weighted by Crippen LogP contribution is 2.34. The summed E-state index contributed by atoms with van der Waals surface area (Å²) in [7, 11) is 0. The fourth-order valence-corrected chi connectivity index (χ4v) is 2.74. The van der Waals surface area contributed by atoms with Crippen LogP contribution in [0, 0.1) is 0 Å². The molecule has 0 aromatic heterocycles. The van der Waals surface area contributed by atoms with Gasteiger partial charge in [0.2, 0.25) is 0 Å². The van der Waals surface area contributed by atoms with Gasteiger partial charge >= 0.3 is 0 Å². The van der Waals surface area contributed by atoms with Gasteiger partial charge in [-0.05, 0) is 29.5 Å². The topological polar surface area (TPSA) is 17.1 Å². The Kier molecular flexibility index (Phi) is 2.75. The third-order valence-electron chi connectivity index (χ3n) is 3.79. The lowest BCUT2D eigenvalue weighted by atomic mass is 9.93. The molecule has 0 fully saturated rings. The molecule has 0 saturated carbocycles. The number of Topliss-reactive ketones (excluding diaryl/α,β-unsaturated/α-hetero) is 1. The van der Waals surface area contributed by atoms with Crippen LogP contribution < -0.4 is 0 Å². The maximum absolute atomic E-state index is 12.4. The van der Waals surface area contributed by atoms with Crippen molar-refractivity contribution in [1.29, 1.82) is 0 Å². The number of fused-ring (bicyclic) bond motifs is 1. The first-order chi connectivity index (χ1) is 8.79. The van der Waals surface area contributed by atoms with Crippen LogP contribution in [0.1, 0.15) is 39.9 Å². The highest BCUT2D eigenvalue weighted by Gasteiger charge is 2.31. The van der Waals surface area contributed by atoms with Crippen LogP contribution in [0.5, 0.6) is 0 Å². The third kappa shape index (κ3) is 1.76. The first kappa shape index (κ1) is 11.2. The number of aryl methyl sites for hydroxylation is 1. The van der Waals surface area contributed by atoms with Gasteiger partial charge in [-0.3, -0.25) is 4.79 Å². The smallest absolute Gasteiger partial charge is 0.170 e. The van der Waals surface area contributed by atoms with Crippen LogP contribution in [0.4, 0.5) is 0 Å². The number of hydrogen-bond donors (Lipinski definition) is 0. The standard InChI is InChI=1S/C17H16O/c1-2-12-6-5-8-13(10-12)16-11-14-7-3-4-9-15(14)17(16)18/h3-10,16H,2,11H2,1H3. The SMILES string of the molecule is CCc1cccc(C2Cc3ccccc3C2=O)c1. The van der Waals surface area contributed by atoms with E-state index in [1.807, 2.05) is 18.2 Å². The van der Waals surface area contributed by atoms with E-state index >= 15 is 0 Å². The van der Waals surface area contributed by atoms with Gasteiger partial charge in [0.1, 0.15) is 0 Å². The van der Waals surface area contributed by atoms with E-state index in [-0.39, 0.29) is 11.7 Å². The molecule has 18 heavy (non-hydrogen) atoms. The van der Waals surface area contributed by atoms with Gasteiger partial charge in [-0.15, -0.1) is 0 Å². The minimum Gasteiger partial charge on any atom is -0.293 e. The summed E-state index contributed by atoms with van der Waals surface area (Å²) in [5.41, 5.74) is 4.56. The lowest BCUT2D eigenvalue weighted by molar-refractivity contribution is 0.0973. The van der Waals surface area contributed by atoms with Crippen molar-refractivity contribution in [2.75, 3.05) is 0 Å². The fourth-order valence-electron chi connectivity index (χ4n) is 2.74. The molecule has 1 atom stereocenters. The zero-order valence-electron chi connectivity index (χ0n) is 10.5. The number of ketones is 1. The van der Waals surface area contributed by atoms with Crippen molar-refractivity contribution in [3.63, 3.8) is 0 Å². The molecule has 1 unspecified atom stereocenters. The van der Waals surface area contributed by atoms with Gasteiger partial charge in [-0.25, -0.2) is 0 Å². The second-order valence-corrected chi connectivity index (χ2v) is 4.88. The van der Waals surface area contributed by atoms with Crippen molar-refractivity contribution in [2.45, 2.75) is 25.7 Å². The summed E-state index contributed by atoms with van der Waals surface area (Å²) >= 11 is 0. The van der Waals surface area contributed by atoms with Crippen LogP contribution >= 0.6 is 0 Å². The Morgan fingerprint density at radius 3 is 2.72 bits per heavy atom. The van der Waals surface area contributed by atoms with Gasteiger partial charge in [-0.1, -0.05) is 55.5 Å². The lowest BCUT2D eigenvalue weighted by Gasteiger charge is -2.09. The molecular formula is C17H16O. The fraction of sp³-hybridized carbons (Fsp3) is 0.235. The molecule has 1 heteroatoms. The van der Waals surface area contributed by atoms with Gasteiger partial charge < -0.3 is 0 Å². The molecule has 0 bridgehead atoms. The Hall–Kier alpha value is -1.89. The van der Waals surface area contributed by atoms with Crippen molar-refractivity contribution in [1.82, 2.24) is 0 Å². The van der Waals surface area contributed by atoms with E-state index in [1.54, 1.807) is 0 Å². The maximum atomic E-state index is 12.4. The predicted molar refractivity (Wildman–Crippen MR) is 73.0 cm³/mol. The maximum Gasteiger partial charge on any atom is 0.170 e. The van der Waals surface area contributed by atoms with Gasteiger partial charge in [-0.2, -0.15) is 0 Å². The van der Waals surface area contributed by atoms with Crippen molar-refractivity contribution < 1.29 is 4.79 Å². The van der Waals surface area contributed by atoms with Crippen molar-refractivity contribution in [3.05, 3.63) is 70.8 Å². The predicted octanol–water partition coefficient (Wildman–Crippen LogP) is 3.77. The molecule has 0 radical (unpaired) electrons. The number of carbonyl (C=O) groups is 1. The Balaban J connectivity index is 1.98. The zero-order chi connectivity index (χ0) is 12.5. The zero-order valence-corrected chi connectivity index (χ0v) is 10.5. The van der Waals surface area contributed by atoms with Crippen molar-refractivity contribution >= 4 is 5.78 Å². The summed E-state index contributed by atoms with van der Waals surface area (Å²) in [5, 5.41) is 0. The molecule has 0 aliphatic heterocycles. The van der Waals surface area contributed by atoms with Gasteiger partial charge in [0.25, 0.3) is 0 Å². The Bertz CT molecular complexity index is 598. The summed E-state index contributed by atoms with van der Waals surface area (Å²) in [6, 6.07) is 16.4. The lowest BCUT2D eigenvalue weighted by Crippen LogP contribution is -2.07. The summed E-state index contributed by atoms with van der Waals surface area (Å²) in [6.45, 7) is 2.14. The molecule has 2 aromatic carbocycles. The van der Waals surface area contributed by atoms with Crippen LogP contribution in [0.25, 0.3) is 0 Å². The van der Waals surface area contributed by atoms with Crippen LogP contribution in [0.3, 0.4) is 0 Å². The average Bonchev–Trinajstić information content (AvgIpc) is 2.77. The highest BCUT2D eigenvalue weighted by molar-refractivity contribution is 6.05. The molecule has 0 saturated heterocycles. The summed E-state index contributed by atoms with van der Waals surface area (Å²) < 4.78 is 0. The molecule has 1 aliphatic rings. The normalized spacial score (nSPS) is 17.8. The summed E-state index contributed by atoms with van der Waals surface area (Å²) in [5.74, 6) is 0.299. The molecule has 1 aliphatic carbocycles. The van der Waals surface area contributed by atoms with E-state index < -0.39 is 0 Å². The minimum absolute atomic E-state index is 0.0221. The second kappa shape index (κ2) is 4.41. The molecular weight excluding hydrogens is 220 g/mol. The molecule has 1 nitrogen and oxygen atoms in total. The van der Waals surface area contributed by atoms with Crippen LogP contribution in [-0.4, -0.2) is 5.78 Å². The highest BCUT2D eigenvalue weighted by atomic mass is 16.1. The molecule has 0 spiro atoms. The van der Waals surface area contributed by atoms with Crippen LogP contribution in [-0.2, 0) is 12.8 Å². The van der Waals surface area contributed by atoms with E-state index in [9.17, 15) is 4.79 Å². The van der Waals surface area contributed by atoms with Crippen molar-refractivity contribution in [2.24, 2.45) is 0 Å². The van der Waals surface area contributed by atoms with Crippen molar-refractivity contribution in [3.8, 4) is 0 Å². The second-order valence-electron chi connectivity index (χ2n) is 4.88. The molecule has 3 rings (SSSR count). The van der Waals surface area contributed by atoms with E-state index in [0.717, 1.165) is 24.0 Å². The van der Waals surface area contributed by atoms with E-state index in [1.165, 1.54) is 11.1 Å². The Labute approximate surface area is 107 Å². The number of hydrogen-bond acceptors (Lipinski definition) is 1. The third-order valence-corrected chi connectivity index (χ3v) is 3.79. The number of benzene rings is 2. The number of carbonyl (C=O) groups excluding carboxylic acids is 1. The quantitative estimate of drug-likeness (QED) is 0.775. The van der Waals surface area contributed by atoms with Gasteiger partial charge in [0.15, 0.2) is 5.78 Å². The van der Waals surface area contributed by atoms with Crippen LogP contribution in [0.2, 0.25) is 0 Å². The summed E-state index contributed by atoms with van der Waals surface area (Å²) in [4.78, 5) is 12.4. The number of rotatable bonds is 2. The van der Waals surface area contributed by atoms with Gasteiger partial charge in [0.05, 0.1) is 5.92 Å². The molecule has 0 heterocycles.